The molecule has 0 saturated heterocycles. The Balaban J connectivity index is 0.00000364. The molecule has 8 heteroatoms. The van der Waals surface area contributed by atoms with E-state index in [1.54, 1.807) is 14.2 Å². The van der Waals surface area contributed by atoms with E-state index in [-0.39, 0.29) is 29.6 Å². The van der Waals surface area contributed by atoms with Gasteiger partial charge >= 0.3 is 0 Å². The van der Waals surface area contributed by atoms with E-state index in [0.717, 1.165) is 35.8 Å². The summed E-state index contributed by atoms with van der Waals surface area (Å²) in [4.78, 5) is 8.68. The average Bonchev–Trinajstić information content (AvgIpc) is 3.11. The van der Waals surface area contributed by atoms with Gasteiger partial charge in [0.05, 0.1) is 5.60 Å². The number of benzene rings is 1. The first kappa shape index (κ1) is 23.4. The number of methoxy groups -OCH3 is 1. The second-order valence-corrected chi connectivity index (χ2v) is 6.71. The zero-order valence-electron chi connectivity index (χ0n) is 16.7. The summed E-state index contributed by atoms with van der Waals surface area (Å²) in [5.41, 5.74) is 1.76. The lowest BCUT2D eigenvalue weighted by atomic mass is 10.1. The van der Waals surface area contributed by atoms with Crippen molar-refractivity contribution in [3.63, 3.8) is 0 Å². The van der Waals surface area contributed by atoms with Crippen LogP contribution in [0, 0.1) is 0 Å². The highest BCUT2D eigenvalue weighted by Gasteiger charge is 2.16. The molecular formula is C19H30IN5O2. The molecular weight excluding hydrogens is 457 g/mol. The van der Waals surface area contributed by atoms with Gasteiger partial charge < -0.3 is 19.9 Å². The summed E-state index contributed by atoms with van der Waals surface area (Å²) in [6, 6.07) is 8.05. The van der Waals surface area contributed by atoms with Gasteiger partial charge in [-0.25, -0.2) is 0 Å². The van der Waals surface area contributed by atoms with Crippen molar-refractivity contribution in [2.75, 3.05) is 20.7 Å². The normalized spacial score (nSPS) is 11.8. The fourth-order valence-corrected chi connectivity index (χ4v) is 2.29. The Labute approximate surface area is 178 Å². The minimum Gasteiger partial charge on any atom is -0.377 e. The number of ether oxygens (including phenoxy) is 1. The Bertz CT molecular complexity index is 730. The van der Waals surface area contributed by atoms with Crippen LogP contribution in [0.2, 0.25) is 0 Å². The van der Waals surface area contributed by atoms with Crippen molar-refractivity contribution in [1.82, 2.24) is 20.8 Å². The van der Waals surface area contributed by atoms with Gasteiger partial charge in [0.15, 0.2) is 11.8 Å². The van der Waals surface area contributed by atoms with Crippen LogP contribution in [0.4, 0.5) is 0 Å². The molecule has 0 fully saturated rings. The highest BCUT2D eigenvalue weighted by molar-refractivity contribution is 14.0. The number of nitrogens with one attached hydrogen (secondary N) is 2. The Kier molecular flexibility index (Phi) is 9.71. The van der Waals surface area contributed by atoms with E-state index in [4.69, 9.17) is 9.26 Å². The summed E-state index contributed by atoms with van der Waals surface area (Å²) in [7, 11) is 3.45. The van der Waals surface area contributed by atoms with E-state index >= 15 is 0 Å². The molecule has 0 radical (unpaired) electrons. The molecule has 1 aromatic heterocycles. The lowest BCUT2D eigenvalue weighted by molar-refractivity contribution is 0.0268. The molecule has 0 aliphatic carbocycles. The minimum atomic E-state index is -0.258. The van der Waals surface area contributed by atoms with E-state index in [0.29, 0.717) is 19.0 Å². The van der Waals surface area contributed by atoms with Crippen molar-refractivity contribution in [3.8, 4) is 11.5 Å². The van der Waals surface area contributed by atoms with Crippen LogP contribution in [0.15, 0.2) is 33.8 Å². The van der Waals surface area contributed by atoms with Gasteiger partial charge in [-0.3, -0.25) is 4.99 Å². The monoisotopic (exact) mass is 487 g/mol. The molecule has 2 aromatic rings. The zero-order valence-corrected chi connectivity index (χ0v) is 19.0. The Hall–Kier alpha value is -1.68. The quantitative estimate of drug-likeness (QED) is 0.338. The summed E-state index contributed by atoms with van der Waals surface area (Å²) in [6.07, 6.45) is 1.82. The lowest BCUT2D eigenvalue weighted by Gasteiger charge is -2.24. The van der Waals surface area contributed by atoms with E-state index in [1.165, 1.54) is 0 Å². The molecule has 7 nitrogen and oxygen atoms in total. The van der Waals surface area contributed by atoms with Gasteiger partial charge in [-0.15, -0.1) is 24.0 Å². The number of rotatable bonds is 8. The predicted molar refractivity (Wildman–Crippen MR) is 118 cm³/mol. The van der Waals surface area contributed by atoms with Crippen LogP contribution in [0.3, 0.4) is 0 Å². The predicted octanol–water partition coefficient (Wildman–Crippen LogP) is 3.40. The first-order chi connectivity index (χ1) is 12.5. The zero-order chi connectivity index (χ0) is 19.0. The highest BCUT2D eigenvalue weighted by atomic mass is 127. The molecule has 27 heavy (non-hydrogen) atoms. The van der Waals surface area contributed by atoms with Crippen molar-refractivity contribution in [3.05, 3.63) is 35.7 Å². The van der Waals surface area contributed by atoms with E-state index in [9.17, 15) is 0 Å². The highest BCUT2D eigenvalue weighted by Crippen LogP contribution is 2.19. The summed E-state index contributed by atoms with van der Waals surface area (Å²) in [5, 5.41) is 10.6. The molecule has 1 heterocycles. The van der Waals surface area contributed by atoms with E-state index in [2.05, 4.69) is 32.7 Å². The van der Waals surface area contributed by atoms with Crippen molar-refractivity contribution in [2.45, 2.75) is 45.8 Å². The number of halogens is 1. The van der Waals surface area contributed by atoms with Crippen LogP contribution in [-0.4, -0.2) is 42.4 Å². The third kappa shape index (κ3) is 7.45. The smallest absolute Gasteiger partial charge is 0.257 e. The molecule has 1 aromatic carbocycles. The number of aromatic nitrogens is 2. The van der Waals surface area contributed by atoms with Crippen LogP contribution < -0.4 is 10.6 Å². The standard InChI is InChI=1S/C19H29N5O2.HI/c1-6-8-16-23-17(26-24-16)15-10-7-9-14(11-15)12-21-18(20-4)22-13-19(2,3)25-5;/h7,9-11H,6,8,12-13H2,1-5H3,(H2,20,21,22);1H. The molecule has 0 atom stereocenters. The first-order valence-electron chi connectivity index (χ1n) is 8.89. The molecule has 0 spiro atoms. The number of aryl methyl sites for hydroxylation is 1. The molecule has 0 amide bonds. The number of guanidine groups is 1. The Morgan fingerprint density at radius 3 is 2.74 bits per heavy atom. The third-order valence-corrected chi connectivity index (χ3v) is 4.03. The van der Waals surface area contributed by atoms with Crippen LogP contribution in [0.1, 0.15) is 38.6 Å². The number of aliphatic imine (C=N–C) groups is 1. The molecule has 2 N–H and O–H groups in total. The van der Waals surface area contributed by atoms with Gasteiger partial charge in [0.25, 0.3) is 5.89 Å². The molecule has 150 valence electrons. The fourth-order valence-electron chi connectivity index (χ4n) is 2.29. The number of nitrogens with zero attached hydrogens (tertiary/aromatic N) is 3. The molecule has 0 aliphatic rings. The second kappa shape index (κ2) is 11.2. The Morgan fingerprint density at radius 1 is 1.30 bits per heavy atom. The fraction of sp³-hybridized carbons (Fsp3) is 0.526. The lowest BCUT2D eigenvalue weighted by Crippen LogP contribution is -2.45. The van der Waals surface area contributed by atoms with Crippen molar-refractivity contribution < 1.29 is 9.26 Å². The van der Waals surface area contributed by atoms with Crippen molar-refractivity contribution in [2.24, 2.45) is 4.99 Å². The number of hydrogen-bond donors (Lipinski definition) is 2. The Morgan fingerprint density at radius 2 is 2.07 bits per heavy atom. The maximum Gasteiger partial charge on any atom is 0.257 e. The first-order valence-corrected chi connectivity index (χ1v) is 8.89. The topological polar surface area (TPSA) is 84.6 Å². The van der Waals surface area contributed by atoms with Crippen LogP contribution in [-0.2, 0) is 17.7 Å². The van der Waals surface area contributed by atoms with Crippen LogP contribution >= 0.6 is 24.0 Å². The SMILES string of the molecule is CCCc1noc(-c2cccc(CNC(=NC)NCC(C)(C)OC)c2)n1.I. The van der Waals surface area contributed by atoms with Crippen LogP contribution in [0.5, 0.6) is 0 Å². The molecule has 0 bridgehead atoms. The van der Waals surface area contributed by atoms with E-state index in [1.807, 2.05) is 38.1 Å². The van der Waals surface area contributed by atoms with Gasteiger partial charge in [-0.05, 0) is 38.0 Å². The summed E-state index contributed by atoms with van der Waals surface area (Å²) in [5.74, 6) is 2.03. The largest absolute Gasteiger partial charge is 0.377 e. The van der Waals surface area contributed by atoms with Gasteiger partial charge in [0, 0.05) is 39.2 Å². The van der Waals surface area contributed by atoms with Gasteiger partial charge in [0.2, 0.25) is 0 Å². The third-order valence-electron chi connectivity index (χ3n) is 4.03. The summed E-state index contributed by atoms with van der Waals surface area (Å²) in [6.45, 7) is 7.43. The van der Waals surface area contributed by atoms with Crippen molar-refractivity contribution in [1.29, 1.82) is 0 Å². The average molecular weight is 487 g/mol. The molecule has 0 aliphatic heterocycles. The maximum atomic E-state index is 5.41. The summed E-state index contributed by atoms with van der Waals surface area (Å²) < 4.78 is 10.8. The number of hydrogen-bond acceptors (Lipinski definition) is 5. The molecule has 2 rings (SSSR count). The second-order valence-electron chi connectivity index (χ2n) is 6.71. The summed E-state index contributed by atoms with van der Waals surface area (Å²) >= 11 is 0. The minimum absolute atomic E-state index is 0. The van der Waals surface area contributed by atoms with Crippen molar-refractivity contribution >= 4 is 29.9 Å². The van der Waals surface area contributed by atoms with Gasteiger partial charge in [0.1, 0.15) is 0 Å². The van der Waals surface area contributed by atoms with Gasteiger partial charge in [-0.2, -0.15) is 4.98 Å². The molecule has 0 unspecified atom stereocenters. The van der Waals surface area contributed by atoms with E-state index < -0.39 is 0 Å². The van der Waals surface area contributed by atoms with Crippen LogP contribution in [0.25, 0.3) is 11.5 Å². The van der Waals surface area contributed by atoms with Gasteiger partial charge in [-0.1, -0.05) is 24.2 Å². The molecule has 0 saturated carbocycles. The maximum absolute atomic E-state index is 5.41.